The predicted octanol–water partition coefficient (Wildman–Crippen LogP) is 2.12. The van der Waals surface area contributed by atoms with Crippen LogP contribution in [0, 0.1) is 19.8 Å². The van der Waals surface area contributed by atoms with Crippen molar-refractivity contribution >= 4 is 23.6 Å². The lowest BCUT2D eigenvalue weighted by Crippen LogP contribution is -2.42. The summed E-state index contributed by atoms with van der Waals surface area (Å²) in [5.41, 5.74) is 7.55. The fourth-order valence-corrected chi connectivity index (χ4v) is 3.96. The van der Waals surface area contributed by atoms with E-state index in [9.17, 15) is 9.59 Å². The van der Waals surface area contributed by atoms with Gasteiger partial charge in [-0.25, -0.2) is 4.98 Å². The summed E-state index contributed by atoms with van der Waals surface area (Å²) >= 11 is 1.51. The molecule has 1 aliphatic heterocycles. The number of aromatic nitrogens is 2. The molecule has 0 spiro atoms. The van der Waals surface area contributed by atoms with Gasteiger partial charge in [0.15, 0.2) is 5.16 Å². The van der Waals surface area contributed by atoms with Gasteiger partial charge in [-0.15, -0.1) is 0 Å². The highest BCUT2D eigenvalue weighted by Gasteiger charge is 2.26. The van der Waals surface area contributed by atoms with E-state index in [1.54, 1.807) is 0 Å². The van der Waals surface area contributed by atoms with Crippen LogP contribution in [0.5, 0.6) is 0 Å². The van der Waals surface area contributed by atoms with Crippen LogP contribution in [-0.4, -0.2) is 45.1 Å². The summed E-state index contributed by atoms with van der Waals surface area (Å²) < 4.78 is 2.22. The van der Waals surface area contributed by atoms with Crippen molar-refractivity contribution in [1.29, 1.82) is 0 Å². The topological polar surface area (TPSA) is 81.2 Å². The zero-order chi connectivity index (χ0) is 17.7. The Hall–Kier alpha value is -1.50. The zero-order valence-corrected chi connectivity index (χ0v) is 15.7. The minimum absolute atomic E-state index is 0.0834. The molecule has 2 heterocycles. The minimum atomic E-state index is -0.250. The second-order valence-corrected chi connectivity index (χ2v) is 7.36. The standard InChI is InChI=1S/C17H28N4O2S/c1-4-5-8-21-13(3)12(2)19-17(21)24-11-15(22)20-9-6-14(7-10-20)16(18)23/h14H,4-11H2,1-3H3,(H2,18,23). The Balaban J connectivity index is 1.90. The molecule has 7 heteroatoms. The fraction of sp³-hybridized carbons (Fsp3) is 0.706. The van der Waals surface area contributed by atoms with Crippen LogP contribution >= 0.6 is 11.8 Å². The molecule has 1 fully saturated rings. The van der Waals surface area contributed by atoms with Crippen LogP contribution in [0.25, 0.3) is 0 Å². The van der Waals surface area contributed by atoms with Crippen molar-refractivity contribution in [3.8, 4) is 0 Å². The van der Waals surface area contributed by atoms with Crippen LogP contribution in [0.1, 0.15) is 44.0 Å². The number of aryl methyl sites for hydroxylation is 1. The van der Waals surface area contributed by atoms with Gasteiger partial charge in [0.2, 0.25) is 11.8 Å². The zero-order valence-electron chi connectivity index (χ0n) is 14.9. The number of nitrogens with zero attached hydrogens (tertiary/aromatic N) is 3. The van der Waals surface area contributed by atoms with Gasteiger partial charge in [0.25, 0.3) is 0 Å². The number of piperidine rings is 1. The molecule has 1 aromatic heterocycles. The number of unbranched alkanes of at least 4 members (excludes halogenated alkanes) is 1. The number of hydrogen-bond donors (Lipinski definition) is 1. The molecule has 1 aliphatic rings. The number of primary amides is 1. The van der Waals surface area contributed by atoms with Gasteiger partial charge < -0.3 is 15.2 Å². The lowest BCUT2D eigenvalue weighted by atomic mass is 9.96. The van der Waals surface area contributed by atoms with E-state index in [0.29, 0.717) is 31.7 Å². The van der Waals surface area contributed by atoms with Gasteiger partial charge >= 0.3 is 0 Å². The maximum atomic E-state index is 12.4. The molecule has 6 nitrogen and oxygen atoms in total. The molecule has 2 amide bonds. The number of carbonyl (C=O) groups excluding carboxylic acids is 2. The number of thioether (sulfide) groups is 1. The number of hydrogen-bond acceptors (Lipinski definition) is 4. The average Bonchev–Trinajstić information content (AvgIpc) is 2.85. The Bertz CT molecular complexity index is 592. The van der Waals surface area contributed by atoms with Gasteiger partial charge in [0, 0.05) is 31.2 Å². The van der Waals surface area contributed by atoms with Crippen LogP contribution in [-0.2, 0) is 16.1 Å². The SMILES string of the molecule is CCCCn1c(SCC(=O)N2CCC(C(N)=O)CC2)nc(C)c1C. The number of imidazole rings is 1. The van der Waals surface area contributed by atoms with Gasteiger partial charge in [0.1, 0.15) is 0 Å². The maximum Gasteiger partial charge on any atom is 0.233 e. The molecule has 24 heavy (non-hydrogen) atoms. The molecular formula is C17H28N4O2S. The Morgan fingerprint density at radius 2 is 1.96 bits per heavy atom. The van der Waals surface area contributed by atoms with Crippen molar-refractivity contribution in [3.63, 3.8) is 0 Å². The second kappa shape index (κ2) is 8.55. The Kier molecular flexibility index (Phi) is 6.71. The van der Waals surface area contributed by atoms with E-state index >= 15 is 0 Å². The van der Waals surface area contributed by atoms with Gasteiger partial charge in [0.05, 0.1) is 11.4 Å². The lowest BCUT2D eigenvalue weighted by Gasteiger charge is -2.30. The largest absolute Gasteiger partial charge is 0.369 e. The average molecular weight is 353 g/mol. The first-order valence-electron chi connectivity index (χ1n) is 8.67. The fourth-order valence-electron chi connectivity index (χ4n) is 2.94. The van der Waals surface area contributed by atoms with Gasteiger partial charge in [-0.1, -0.05) is 25.1 Å². The predicted molar refractivity (Wildman–Crippen MR) is 95.8 cm³/mol. The molecule has 0 radical (unpaired) electrons. The van der Waals surface area contributed by atoms with Gasteiger partial charge in [-0.2, -0.15) is 0 Å². The molecule has 0 atom stereocenters. The van der Waals surface area contributed by atoms with E-state index in [2.05, 4.69) is 23.4 Å². The summed E-state index contributed by atoms with van der Waals surface area (Å²) in [6.07, 6.45) is 3.59. The second-order valence-electron chi connectivity index (χ2n) is 6.42. The van der Waals surface area contributed by atoms with Crippen molar-refractivity contribution in [2.24, 2.45) is 11.7 Å². The number of rotatable bonds is 7. The first-order chi connectivity index (χ1) is 11.4. The van der Waals surface area contributed by atoms with Gasteiger partial charge in [-0.05, 0) is 33.1 Å². The first-order valence-corrected chi connectivity index (χ1v) is 9.66. The van der Waals surface area contributed by atoms with Crippen molar-refractivity contribution in [2.45, 2.75) is 58.2 Å². The van der Waals surface area contributed by atoms with Crippen LogP contribution in [0.3, 0.4) is 0 Å². The Morgan fingerprint density at radius 3 is 2.54 bits per heavy atom. The van der Waals surface area contributed by atoms with Crippen LogP contribution < -0.4 is 5.73 Å². The van der Waals surface area contributed by atoms with Crippen LogP contribution in [0.15, 0.2) is 5.16 Å². The molecule has 134 valence electrons. The molecular weight excluding hydrogens is 324 g/mol. The molecule has 2 rings (SSSR count). The highest BCUT2D eigenvalue weighted by Crippen LogP contribution is 2.23. The Labute approximate surface area is 148 Å². The quantitative estimate of drug-likeness (QED) is 0.762. The minimum Gasteiger partial charge on any atom is -0.369 e. The number of carbonyl (C=O) groups is 2. The van der Waals surface area contributed by atoms with E-state index in [-0.39, 0.29) is 17.7 Å². The third kappa shape index (κ3) is 4.53. The molecule has 0 bridgehead atoms. The van der Waals surface area contributed by atoms with Crippen LogP contribution in [0.2, 0.25) is 0 Å². The van der Waals surface area contributed by atoms with Gasteiger partial charge in [-0.3, -0.25) is 9.59 Å². The lowest BCUT2D eigenvalue weighted by molar-refractivity contribution is -0.132. The van der Waals surface area contributed by atoms with Crippen molar-refractivity contribution < 1.29 is 9.59 Å². The van der Waals surface area contributed by atoms with Crippen molar-refractivity contribution in [3.05, 3.63) is 11.4 Å². The van der Waals surface area contributed by atoms with E-state index in [1.807, 2.05) is 11.8 Å². The number of likely N-dealkylation sites (tertiary alicyclic amines) is 1. The number of amides is 2. The molecule has 0 aromatic carbocycles. The molecule has 2 N–H and O–H groups in total. The maximum absolute atomic E-state index is 12.4. The summed E-state index contributed by atoms with van der Waals surface area (Å²) in [5.74, 6) is 0.173. The summed E-state index contributed by atoms with van der Waals surface area (Å²) in [6, 6.07) is 0. The van der Waals surface area contributed by atoms with Crippen molar-refractivity contribution in [1.82, 2.24) is 14.5 Å². The van der Waals surface area contributed by atoms with E-state index < -0.39 is 0 Å². The first kappa shape index (κ1) is 18.8. The normalized spacial score (nSPS) is 15.7. The van der Waals surface area contributed by atoms with E-state index in [0.717, 1.165) is 30.2 Å². The van der Waals surface area contributed by atoms with E-state index in [4.69, 9.17) is 5.73 Å². The summed E-state index contributed by atoms with van der Waals surface area (Å²) in [6.45, 7) is 8.45. The molecule has 1 saturated heterocycles. The van der Waals surface area contributed by atoms with Crippen LogP contribution in [0.4, 0.5) is 0 Å². The monoisotopic (exact) mass is 352 g/mol. The summed E-state index contributed by atoms with van der Waals surface area (Å²) in [4.78, 5) is 30.1. The third-order valence-corrected chi connectivity index (χ3v) is 5.69. The molecule has 1 aromatic rings. The third-order valence-electron chi connectivity index (χ3n) is 4.73. The summed E-state index contributed by atoms with van der Waals surface area (Å²) in [5, 5.41) is 0.929. The molecule has 0 saturated carbocycles. The summed E-state index contributed by atoms with van der Waals surface area (Å²) in [7, 11) is 0. The van der Waals surface area contributed by atoms with E-state index in [1.165, 1.54) is 17.5 Å². The van der Waals surface area contributed by atoms with Crippen molar-refractivity contribution in [2.75, 3.05) is 18.8 Å². The smallest absolute Gasteiger partial charge is 0.233 e. The molecule has 0 unspecified atom stereocenters. The molecule has 0 aliphatic carbocycles. The Morgan fingerprint density at radius 1 is 1.29 bits per heavy atom. The highest BCUT2D eigenvalue weighted by molar-refractivity contribution is 7.99. The number of nitrogens with two attached hydrogens (primary N) is 1. The highest BCUT2D eigenvalue weighted by atomic mass is 32.2.